The van der Waals surface area contributed by atoms with Gasteiger partial charge < -0.3 is 15.5 Å². The molecule has 0 heterocycles. The number of hydrogen-bond acceptors (Lipinski definition) is 3. The monoisotopic (exact) mass is 257 g/mol. The van der Waals surface area contributed by atoms with E-state index in [1.54, 1.807) is 0 Å². The molecule has 0 aliphatic carbocycles. The summed E-state index contributed by atoms with van der Waals surface area (Å²) in [5.74, 6) is 0. The van der Waals surface area contributed by atoms with Crippen LogP contribution < -0.4 is 5.32 Å². The second kappa shape index (κ2) is 7.04. The molecule has 0 aliphatic heterocycles. The Morgan fingerprint density at radius 2 is 1.05 bits per heavy atom. The average Bonchev–Trinajstić information content (AvgIpc) is 2.49. The van der Waals surface area contributed by atoms with Gasteiger partial charge in [0.2, 0.25) is 0 Å². The van der Waals surface area contributed by atoms with Gasteiger partial charge in [-0.1, -0.05) is 60.7 Å². The van der Waals surface area contributed by atoms with E-state index in [1.807, 2.05) is 60.7 Å². The Labute approximate surface area is 113 Å². The largest absolute Gasteiger partial charge is 0.387 e. The van der Waals surface area contributed by atoms with Crippen LogP contribution in [0, 0.1) is 0 Å². The highest BCUT2D eigenvalue weighted by Gasteiger charge is 2.09. The van der Waals surface area contributed by atoms with E-state index in [9.17, 15) is 10.2 Å². The second-order valence-electron chi connectivity index (χ2n) is 4.51. The minimum absolute atomic E-state index is 0.425. The molecule has 2 atom stereocenters. The molecule has 0 unspecified atom stereocenters. The lowest BCUT2D eigenvalue weighted by molar-refractivity contribution is 0.147. The summed E-state index contributed by atoms with van der Waals surface area (Å²) >= 11 is 0. The van der Waals surface area contributed by atoms with Crippen LogP contribution in [0.2, 0.25) is 0 Å². The van der Waals surface area contributed by atoms with Crippen molar-refractivity contribution >= 4 is 0 Å². The fraction of sp³-hybridized carbons (Fsp3) is 0.250. The van der Waals surface area contributed by atoms with E-state index in [2.05, 4.69) is 5.32 Å². The van der Waals surface area contributed by atoms with Crippen molar-refractivity contribution in [2.75, 3.05) is 13.1 Å². The van der Waals surface area contributed by atoms with Gasteiger partial charge in [-0.15, -0.1) is 0 Å². The molecular formula is C16H19NO2. The highest BCUT2D eigenvalue weighted by Crippen LogP contribution is 2.13. The molecule has 0 amide bonds. The summed E-state index contributed by atoms with van der Waals surface area (Å²) in [6, 6.07) is 19.0. The van der Waals surface area contributed by atoms with Crippen molar-refractivity contribution in [1.82, 2.24) is 5.32 Å². The lowest BCUT2D eigenvalue weighted by Gasteiger charge is -2.15. The maximum atomic E-state index is 9.96. The second-order valence-corrected chi connectivity index (χ2v) is 4.51. The van der Waals surface area contributed by atoms with Crippen LogP contribution in [0.1, 0.15) is 23.3 Å². The summed E-state index contributed by atoms with van der Waals surface area (Å²) in [6.07, 6.45) is -1.10. The molecule has 100 valence electrons. The maximum absolute atomic E-state index is 9.96. The third kappa shape index (κ3) is 4.17. The zero-order valence-electron chi connectivity index (χ0n) is 10.7. The normalized spacial score (nSPS) is 14.0. The van der Waals surface area contributed by atoms with Gasteiger partial charge in [-0.25, -0.2) is 0 Å². The van der Waals surface area contributed by atoms with Crippen molar-refractivity contribution in [3.05, 3.63) is 71.8 Å². The number of nitrogens with one attached hydrogen (secondary N) is 1. The van der Waals surface area contributed by atoms with Gasteiger partial charge in [-0.2, -0.15) is 0 Å². The zero-order chi connectivity index (χ0) is 13.5. The molecule has 0 spiro atoms. The summed E-state index contributed by atoms with van der Waals surface area (Å²) in [7, 11) is 0. The van der Waals surface area contributed by atoms with Gasteiger partial charge in [0, 0.05) is 13.1 Å². The zero-order valence-corrected chi connectivity index (χ0v) is 10.7. The van der Waals surface area contributed by atoms with Gasteiger partial charge in [0.15, 0.2) is 0 Å². The van der Waals surface area contributed by atoms with Gasteiger partial charge in [-0.3, -0.25) is 0 Å². The Morgan fingerprint density at radius 1 is 0.684 bits per heavy atom. The third-order valence-electron chi connectivity index (χ3n) is 3.04. The van der Waals surface area contributed by atoms with Crippen LogP contribution >= 0.6 is 0 Å². The minimum Gasteiger partial charge on any atom is -0.387 e. The number of benzene rings is 2. The SMILES string of the molecule is O[C@@H](CNC[C@H](O)c1ccccc1)c1ccccc1. The molecular weight excluding hydrogens is 238 g/mol. The van der Waals surface area contributed by atoms with Crippen molar-refractivity contribution in [2.45, 2.75) is 12.2 Å². The first-order valence-electron chi connectivity index (χ1n) is 6.44. The van der Waals surface area contributed by atoms with Gasteiger partial charge in [-0.05, 0) is 11.1 Å². The summed E-state index contributed by atoms with van der Waals surface area (Å²) in [5.41, 5.74) is 1.76. The molecule has 3 heteroatoms. The van der Waals surface area contributed by atoms with Crippen LogP contribution in [0.15, 0.2) is 60.7 Å². The Bertz CT molecular complexity index is 427. The van der Waals surface area contributed by atoms with E-state index in [4.69, 9.17) is 0 Å². The first kappa shape index (κ1) is 13.7. The number of rotatable bonds is 6. The summed E-state index contributed by atoms with van der Waals surface area (Å²) < 4.78 is 0. The molecule has 19 heavy (non-hydrogen) atoms. The Balaban J connectivity index is 1.78. The van der Waals surface area contributed by atoms with Crippen molar-refractivity contribution in [1.29, 1.82) is 0 Å². The van der Waals surface area contributed by atoms with Crippen LogP contribution in [0.5, 0.6) is 0 Å². The fourth-order valence-electron chi connectivity index (χ4n) is 1.94. The highest BCUT2D eigenvalue weighted by atomic mass is 16.3. The number of aliphatic hydroxyl groups excluding tert-OH is 2. The average molecular weight is 257 g/mol. The first-order chi connectivity index (χ1) is 9.27. The Kier molecular flexibility index (Phi) is 5.10. The van der Waals surface area contributed by atoms with E-state index < -0.39 is 12.2 Å². The van der Waals surface area contributed by atoms with E-state index >= 15 is 0 Å². The van der Waals surface area contributed by atoms with Crippen molar-refractivity contribution in [3.63, 3.8) is 0 Å². The number of aliphatic hydroxyl groups is 2. The van der Waals surface area contributed by atoms with Crippen LogP contribution in [0.3, 0.4) is 0 Å². The van der Waals surface area contributed by atoms with E-state index in [0.29, 0.717) is 13.1 Å². The molecule has 2 rings (SSSR count). The number of hydrogen-bond donors (Lipinski definition) is 3. The molecule has 2 aromatic carbocycles. The van der Waals surface area contributed by atoms with Gasteiger partial charge in [0.25, 0.3) is 0 Å². The van der Waals surface area contributed by atoms with Crippen LogP contribution in [0.4, 0.5) is 0 Å². The maximum Gasteiger partial charge on any atom is 0.0914 e. The van der Waals surface area contributed by atoms with Crippen molar-refractivity contribution < 1.29 is 10.2 Å². The third-order valence-corrected chi connectivity index (χ3v) is 3.04. The molecule has 0 fully saturated rings. The van der Waals surface area contributed by atoms with E-state index in [0.717, 1.165) is 11.1 Å². The topological polar surface area (TPSA) is 52.5 Å². The van der Waals surface area contributed by atoms with Gasteiger partial charge in [0.05, 0.1) is 12.2 Å². The Hall–Kier alpha value is -1.68. The van der Waals surface area contributed by atoms with Crippen LogP contribution in [-0.4, -0.2) is 23.3 Å². The first-order valence-corrected chi connectivity index (χ1v) is 6.44. The summed E-state index contributed by atoms with van der Waals surface area (Å²) in [5, 5.41) is 23.0. The predicted octanol–water partition coefficient (Wildman–Crippen LogP) is 2.04. The molecule has 0 saturated heterocycles. The molecule has 0 aromatic heterocycles. The Morgan fingerprint density at radius 3 is 1.42 bits per heavy atom. The predicted molar refractivity (Wildman–Crippen MR) is 75.7 cm³/mol. The van der Waals surface area contributed by atoms with Crippen LogP contribution in [0.25, 0.3) is 0 Å². The summed E-state index contributed by atoms with van der Waals surface area (Å²) in [4.78, 5) is 0. The fourth-order valence-corrected chi connectivity index (χ4v) is 1.94. The summed E-state index contributed by atoms with van der Waals surface area (Å²) in [6.45, 7) is 0.849. The minimum atomic E-state index is -0.552. The van der Waals surface area contributed by atoms with Crippen molar-refractivity contribution in [3.8, 4) is 0 Å². The van der Waals surface area contributed by atoms with Crippen LogP contribution in [-0.2, 0) is 0 Å². The standard InChI is InChI=1S/C16H19NO2/c18-15(13-7-3-1-4-8-13)11-17-12-16(19)14-9-5-2-6-10-14/h1-10,15-19H,11-12H2/t15-,16-/m0/s1. The molecule has 0 aliphatic rings. The molecule has 3 nitrogen and oxygen atoms in total. The molecule has 0 bridgehead atoms. The lowest BCUT2D eigenvalue weighted by Crippen LogP contribution is -2.26. The highest BCUT2D eigenvalue weighted by molar-refractivity contribution is 5.18. The van der Waals surface area contributed by atoms with Gasteiger partial charge in [0.1, 0.15) is 0 Å². The molecule has 0 saturated carbocycles. The van der Waals surface area contributed by atoms with Gasteiger partial charge >= 0.3 is 0 Å². The molecule has 3 N–H and O–H groups in total. The lowest BCUT2D eigenvalue weighted by atomic mass is 10.1. The molecule has 0 radical (unpaired) electrons. The smallest absolute Gasteiger partial charge is 0.0914 e. The van der Waals surface area contributed by atoms with E-state index in [1.165, 1.54) is 0 Å². The van der Waals surface area contributed by atoms with E-state index in [-0.39, 0.29) is 0 Å². The van der Waals surface area contributed by atoms with Crippen molar-refractivity contribution in [2.24, 2.45) is 0 Å². The molecule has 2 aromatic rings. The quantitative estimate of drug-likeness (QED) is 0.742.